The molecule has 0 spiro atoms. The monoisotopic (exact) mass is 342 g/mol. The summed E-state index contributed by atoms with van der Waals surface area (Å²) in [4.78, 5) is 19.9. The smallest absolute Gasteiger partial charge is 0.226 e. The first kappa shape index (κ1) is 17.4. The maximum atomic E-state index is 5.12. The van der Waals surface area contributed by atoms with Crippen molar-refractivity contribution in [1.29, 1.82) is 0 Å². The Labute approximate surface area is 149 Å². The summed E-state index contributed by atoms with van der Waals surface area (Å²) in [7, 11) is 7.67. The molecule has 7 heteroatoms. The maximum absolute atomic E-state index is 5.12. The molecule has 3 rings (SSSR count). The molecule has 2 aromatic rings. The lowest BCUT2D eigenvalue weighted by atomic mass is 10.2. The fraction of sp³-hybridized carbons (Fsp3) is 0.500. The molecule has 1 unspecified atom stereocenters. The highest BCUT2D eigenvalue weighted by atomic mass is 16.5. The van der Waals surface area contributed by atoms with E-state index >= 15 is 0 Å². The summed E-state index contributed by atoms with van der Waals surface area (Å²) in [6.45, 7) is 3.00. The van der Waals surface area contributed by atoms with Gasteiger partial charge in [-0.3, -0.25) is 4.90 Å². The molecule has 1 aliphatic heterocycles. The lowest BCUT2D eigenvalue weighted by Gasteiger charge is -2.26. The van der Waals surface area contributed by atoms with E-state index in [1.54, 1.807) is 7.11 Å². The minimum atomic E-state index is 0.455. The van der Waals surface area contributed by atoms with Gasteiger partial charge in [0.2, 0.25) is 11.8 Å². The maximum Gasteiger partial charge on any atom is 0.226 e. The van der Waals surface area contributed by atoms with Crippen molar-refractivity contribution < 1.29 is 4.74 Å². The normalized spacial score (nSPS) is 17.5. The van der Waals surface area contributed by atoms with Crippen LogP contribution in [0.25, 0.3) is 0 Å². The van der Waals surface area contributed by atoms with Crippen molar-refractivity contribution >= 4 is 11.8 Å². The van der Waals surface area contributed by atoms with Crippen LogP contribution in [0.5, 0.6) is 5.88 Å². The molecule has 1 saturated heterocycles. The summed E-state index contributed by atoms with van der Waals surface area (Å²) in [5, 5.41) is 0. The number of anilines is 2. The Morgan fingerprint density at radius 2 is 2.04 bits per heavy atom. The van der Waals surface area contributed by atoms with Gasteiger partial charge in [0.25, 0.3) is 0 Å². The van der Waals surface area contributed by atoms with Crippen LogP contribution in [0.3, 0.4) is 0 Å². The topological polar surface area (TPSA) is 57.6 Å². The molecule has 1 aliphatic rings. The fourth-order valence-corrected chi connectivity index (χ4v) is 3.09. The van der Waals surface area contributed by atoms with Gasteiger partial charge in [-0.25, -0.2) is 9.97 Å². The molecule has 1 atom stereocenters. The quantitative estimate of drug-likeness (QED) is 0.791. The molecule has 25 heavy (non-hydrogen) atoms. The second-order valence-corrected chi connectivity index (χ2v) is 6.61. The second-order valence-electron chi connectivity index (χ2n) is 6.61. The van der Waals surface area contributed by atoms with Crippen molar-refractivity contribution in [3.8, 4) is 5.88 Å². The third-order valence-electron chi connectivity index (χ3n) is 4.60. The Kier molecular flexibility index (Phi) is 5.33. The number of hydrogen-bond donors (Lipinski definition) is 0. The Balaban J connectivity index is 1.60. The van der Waals surface area contributed by atoms with Gasteiger partial charge < -0.3 is 14.5 Å². The van der Waals surface area contributed by atoms with Gasteiger partial charge in [-0.2, -0.15) is 4.98 Å². The second kappa shape index (κ2) is 7.65. The van der Waals surface area contributed by atoms with E-state index in [2.05, 4.69) is 37.9 Å². The van der Waals surface area contributed by atoms with Gasteiger partial charge in [-0.05, 0) is 18.1 Å². The molecule has 2 aromatic heterocycles. The summed E-state index contributed by atoms with van der Waals surface area (Å²) in [6.07, 6.45) is 4.84. The fourth-order valence-electron chi connectivity index (χ4n) is 3.09. The molecular weight excluding hydrogens is 316 g/mol. The highest BCUT2D eigenvalue weighted by Gasteiger charge is 2.26. The van der Waals surface area contributed by atoms with Crippen molar-refractivity contribution in [2.45, 2.75) is 19.0 Å². The SMILES string of the molecule is COc1ccc(CN2CCC(N(C)c3ccnc(N(C)C)n3)C2)cn1. The predicted molar refractivity (Wildman–Crippen MR) is 99.2 cm³/mol. The number of nitrogens with zero attached hydrogens (tertiary/aromatic N) is 6. The van der Waals surface area contributed by atoms with E-state index in [0.717, 1.165) is 37.8 Å². The number of hydrogen-bond acceptors (Lipinski definition) is 7. The number of pyridine rings is 1. The first-order valence-corrected chi connectivity index (χ1v) is 8.51. The van der Waals surface area contributed by atoms with E-state index < -0.39 is 0 Å². The minimum absolute atomic E-state index is 0.455. The number of likely N-dealkylation sites (N-methyl/N-ethyl adjacent to an activating group) is 1. The van der Waals surface area contributed by atoms with Gasteiger partial charge in [0, 0.05) is 65.3 Å². The van der Waals surface area contributed by atoms with E-state index in [4.69, 9.17) is 4.74 Å². The van der Waals surface area contributed by atoms with Gasteiger partial charge in [0.15, 0.2) is 0 Å². The Morgan fingerprint density at radius 3 is 2.72 bits per heavy atom. The van der Waals surface area contributed by atoms with Crippen molar-refractivity contribution in [1.82, 2.24) is 19.9 Å². The molecule has 0 aliphatic carbocycles. The highest BCUT2D eigenvalue weighted by Crippen LogP contribution is 2.22. The zero-order valence-electron chi connectivity index (χ0n) is 15.4. The molecule has 0 radical (unpaired) electrons. The van der Waals surface area contributed by atoms with Crippen molar-refractivity contribution in [3.63, 3.8) is 0 Å². The molecular formula is C18H26N6O. The van der Waals surface area contributed by atoms with Gasteiger partial charge in [0.05, 0.1) is 7.11 Å². The van der Waals surface area contributed by atoms with Crippen LogP contribution in [0.4, 0.5) is 11.8 Å². The minimum Gasteiger partial charge on any atom is -0.481 e. The molecule has 0 aromatic carbocycles. The summed E-state index contributed by atoms with van der Waals surface area (Å²) in [5.41, 5.74) is 1.21. The zero-order chi connectivity index (χ0) is 17.8. The van der Waals surface area contributed by atoms with E-state index in [9.17, 15) is 0 Å². The zero-order valence-corrected chi connectivity index (χ0v) is 15.4. The van der Waals surface area contributed by atoms with Crippen LogP contribution in [-0.2, 0) is 6.54 Å². The molecule has 7 nitrogen and oxygen atoms in total. The average molecular weight is 342 g/mol. The first-order valence-electron chi connectivity index (χ1n) is 8.51. The number of methoxy groups -OCH3 is 1. The average Bonchev–Trinajstić information content (AvgIpc) is 3.10. The molecule has 0 saturated carbocycles. The lowest BCUT2D eigenvalue weighted by molar-refractivity contribution is 0.324. The first-order chi connectivity index (χ1) is 12.1. The highest BCUT2D eigenvalue weighted by molar-refractivity contribution is 5.43. The Bertz CT molecular complexity index is 690. The number of likely N-dealkylation sites (tertiary alicyclic amines) is 1. The van der Waals surface area contributed by atoms with Crippen LogP contribution in [0.2, 0.25) is 0 Å². The molecule has 0 amide bonds. The van der Waals surface area contributed by atoms with Crippen molar-refractivity contribution in [3.05, 3.63) is 36.2 Å². The van der Waals surface area contributed by atoms with Gasteiger partial charge >= 0.3 is 0 Å². The summed E-state index contributed by atoms with van der Waals surface area (Å²) in [6, 6.07) is 6.43. The Hall–Kier alpha value is -2.41. The third-order valence-corrected chi connectivity index (χ3v) is 4.60. The van der Waals surface area contributed by atoms with Crippen LogP contribution in [0, 0.1) is 0 Å². The molecule has 134 valence electrons. The number of rotatable bonds is 6. The summed E-state index contributed by atoms with van der Waals surface area (Å²) < 4.78 is 5.12. The standard InChI is InChI=1S/C18H26N6O/c1-22(2)18-19-9-7-16(21-18)23(3)15-8-10-24(13-15)12-14-5-6-17(25-4)20-11-14/h5-7,9,11,15H,8,10,12-13H2,1-4H3. The van der Waals surface area contributed by atoms with Crippen LogP contribution in [-0.4, -0.2) is 67.2 Å². The van der Waals surface area contributed by atoms with Gasteiger partial charge in [-0.1, -0.05) is 6.07 Å². The molecule has 0 N–H and O–H groups in total. The van der Waals surface area contributed by atoms with Crippen molar-refractivity contribution in [2.24, 2.45) is 0 Å². The van der Waals surface area contributed by atoms with Crippen molar-refractivity contribution in [2.75, 3.05) is 51.1 Å². The molecule has 3 heterocycles. The molecule has 0 bridgehead atoms. The summed E-state index contributed by atoms with van der Waals surface area (Å²) in [5.74, 6) is 2.36. The third kappa shape index (κ3) is 4.17. The van der Waals surface area contributed by atoms with Gasteiger partial charge in [0.1, 0.15) is 5.82 Å². The van der Waals surface area contributed by atoms with E-state index in [-0.39, 0.29) is 0 Å². The van der Waals surface area contributed by atoms with E-state index in [0.29, 0.717) is 11.9 Å². The van der Waals surface area contributed by atoms with Crippen LogP contribution < -0.4 is 14.5 Å². The van der Waals surface area contributed by atoms with Crippen LogP contribution >= 0.6 is 0 Å². The van der Waals surface area contributed by atoms with E-state index in [1.807, 2.05) is 43.5 Å². The lowest BCUT2D eigenvalue weighted by Crippen LogP contribution is -2.35. The van der Waals surface area contributed by atoms with Crippen LogP contribution in [0.1, 0.15) is 12.0 Å². The van der Waals surface area contributed by atoms with Gasteiger partial charge in [-0.15, -0.1) is 0 Å². The number of aromatic nitrogens is 3. The molecule has 1 fully saturated rings. The number of ether oxygens (including phenoxy) is 1. The van der Waals surface area contributed by atoms with E-state index in [1.165, 1.54) is 5.56 Å². The van der Waals surface area contributed by atoms with Crippen LogP contribution in [0.15, 0.2) is 30.6 Å². The summed E-state index contributed by atoms with van der Waals surface area (Å²) >= 11 is 0. The Morgan fingerprint density at radius 1 is 1.20 bits per heavy atom. The largest absolute Gasteiger partial charge is 0.481 e. The predicted octanol–water partition coefficient (Wildman–Crippen LogP) is 1.66.